The highest BCUT2D eigenvalue weighted by molar-refractivity contribution is 6.32. The van der Waals surface area contributed by atoms with Crippen molar-refractivity contribution in [2.45, 2.75) is 0 Å². The number of fused-ring (bicyclic) bond motifs is 2. The van der Waals surface area contributed by atoms with Gasteiger partial charge >= 0.3 is 0 Å². The second kappa shape index (κ2) is 6.82. The molecule has 0 aliphatic carbocycles. The van der Waals surface area contributed by atoms with Crippen molar-refractivity contribution in [3.8, 4) is 0 Å². The Morgan fingerprint density at radius 2 is 1.04 bits per heavy atom. The minimum atomic E-state index is 0.852. The zero-order valence-electron chi connectivity index (χ0n) is 15.6. The second-order valence-electron chi connectivity index (χ2n) is 6.90. The van der Waals surface area contributed by atoms with E-state index in [1.807, 2.05) is 36.4 Å². The van der Waals surface area contributed by atoms with Crippen molar-refractivity contribution in [1.29, 1.82) is 0 Å². The summed E-state index contributed by atoms with van der Waals surface area (Å²) in [6.07, 6.45) is 0. The number of hydrogen-bond acceptors (Lipinski definition) is 3. The first-order valence-corrected chi connectivity index (χ1v) is 9.36. The first-order valence-electron chi connectivity index (χ1n) is 9.36. The molecule has 5 rings (SSSR count). The Balaban J connectivity index is 1.72. The molecule has 0 saturated carbocycles. The maximum atomic E-state index is 4.92. The fourth-order valence-corrected chi connectivity index (χ4v) is 3.44. The highest BCUT2D eigenvalue weighted by Gasteiger charge is 2.16. The van der Waals surface area contributed by atoms with E-state index in [0.717, 1.165) is 39.1 Å². The molecule has 2 heterocycles. The Morgan fingerprint density at radius 1 is 0.536 bits per heavy atom. The van der Waals surface area contributed by atoms with E-state index in [0.29, 0.717) is 0 Å². The fraction of sp³-hybridized carbons (Fsp3) is 0. The molecule has 0 aliphatic rings. The topological polar surface area (TPSA) is 29.0 Å². The SMILES string of the molecule is Bc1ccc(N(c2ccc3ccccc3n2)c2ccc3ccccc3n2)cc1. The highest BCUT2D eigenvalue weighted by atomic mass is 15.2. The Labute approximate surface area is 164 Å². The zero-order valence-corrected chi connectivity index (χ0v) is 15.6. The maximum absolute atomic E-state index is 4.92. The van der Waals surface area contributed by atoms with Gasteiger partial charge in [0.05, 0.1) is 11.0 Å². The lowest BCUT2D eigenvalue weighted by Crippen LogP contribution is -2.14. The van der Waals surface area contributed by atoms with Crippen molar-refractivity contribution >= 4 is 52.4 Å². The van der Waals surface area contributed by atoms with Crippen LogP contribution < -0.4 is 10.4 Å². The van der Waals surface area contributed by atoms with Gasteiger partial charge in [0.1, 0.15) is 19.5 Å². The Bertz CT molecular complexity index is 1200. The van der Waals surface area contributed by atoms with Crippen molar-refractivity contribution in [3.05, 3.63) is 97.1 Å². The van der Waals surface area contributed by atoms with Gasteiger partial charge in [0.2, 0.25) is 0 Å². The number of para-hydroxylation sites is 2. The van der Waals surface area contributed by atoms with Crippen molar-refractivity contribution < 1.29 is 0 Å². The van der Waals surface area contributed by atoms with Gasteiger partial charge in [-0.1, -0.05) is 54.0 Å². The smallest absolute Gasteiger partial charge is 0.139 e. The predicted octanol–water partition coefficient (Wildman–Crippen LogP) is 4.51. The average molecular weight is 359 g/mol. The van der Waals surface area contributed by atoms with Gasteiger partial charge in [-0.2, -0.15) is 0 Å². The molecule has 0 spiro atoms. The summed E-state index contributed by atoms with van der Waals surface area (Å²) >= 11 is 0. The Hall–Kier alpha value is -3.66. The van der Waals surface area contributed by atoms with Crippen LogP contribution in [0.5, 0.6) is 0 Å². The van der Waals surface area contributed by atoms with Crippen LogP contribution in [0.1, 0.15) is 0 Å². The lowest BCUT2D eigenvalue weighted by atomic mass is 9.96. The van der Waals surface area contributed by atoms with E-state index >= 15 is 0 Å². The summed E-state index contributed by atoms with van der Waals surface area (Å²) in [5.74, 6) is 1.70. The van der Waals surface area contributed by atoms with Gasteiger partial charge in [0.25, 0.3) is 0 Å². The lowest BCUT2D eigenvalue weighted by molar-refractivity contribution is 1.16. The molecule has 0 saturated heterocycles. The van der Waals surface area contributed by atoms with E-state index in [9.17, 15) is 0 Å². The molecule has 28 heavy (non-hydrogen) atoms. The minimum absolute atomic E-state index is 0.852. The van der Waals surface area contributed by atoms with Crippen LogP contribution in [0.25, 0.3) is 21.8 Å². The number of pyridine rings is 2. The van der Waals surface area contributed by atoms with E-state index in [2.05, 4.69) is 73.4 Å². The standard InChI is InChI=1S/C24H18BN3/c25-19-11-13-20(14-12-19)28(23-15-9-17-5-1-3-7-21(17)26-23)24-16-10-18-6-2-4-8-22(18)27-24/h1-16H,25H2. The van der Waals surface area contributed by atoms with E-state index in [4.69, 9.17) is 9.97 Å². The summed E-state index contributed by atoms with van der Waals surface area (Å²) in [6.45, 7) is 0. The van der Waals surface area contributed by atoms with E-state index < -0.39 is 0 Å². The van der Waals surface area contributed by atoms with Crippen LogP contribution in [0.2, 0.25) is 0 Å². The summed E-state index contributed by atoms with van der Waals surface area (Å²) in [6, 6.07) is 33.1. The number of benzene rings is 3. The Morgan fingerprint density at radius 3 is 1.57 bits per heavy atom. The van der Waals surface area contributed by atoms with E-state index in [-0.39, 0.29) is 0 Å². The van der Waals surface area contributed by atoms with E-state index in [1.54, 1.807) is 0 Å². The highest BCUT2D eigenvalue weighted by Crippen LogP contribution is 2.33. The molecule has 0 amide bonds. The second-order valence-corrected chi connectivity index (χ2v) is 6.90. The molecule has 0 bridgehead atoms. The number of rotatable bonds is 3. The van der Waals surface area contributed by atoms with Crippen LogP contribution in [0.4, 0.5) is 17.3 Å². The summed E-state index contributed by atoms with van der Waals surface area (Å²) in [5.41, 5.74) is 4.20. The van der Waals surface area contributed by atoms with Gasteiger partial charge in [-0.05, 0) is 48.5 Å². The molecular weight excluding hydrogens is 341 g/mol. The number of anilines is 3. The van der Waals surface area contributed by atoms with Crippen LogP contribution >= 0.6 is 0 Å². The third-order valence-corrected chi connectivity index (χ3v) is 4.92. The fourth-order valence-electron chi connectivity index (χ4n) is 3.44. The summed E-state index contributed by atoms with van der Waals surface area (Å²) in [4.78, 5) is 11.9. The molecule has 132 valence electrons. The molecule has 0 unspecified atom stereocenters. The van der Waals surface area contributed by atoms with E-state index in [1.165, 1.54) is 5.46 Å². The lowest BCUT2D eigenvalue weighted by Gasteiger charge is -2.24. The summed E-state index contributed by atoms with van der Waals surface area (Å²) in [7, 11) is 2.09. The quantitative estimate of drug-likeness (QED) is 0.444. The Kier molecular flexibility index (Phi) is 4.02. The largest absolute Gasteiger partial charge is 0.279 e. The summed E-state index contributed by atoms with van der Waals surface area (Å²) < 4.78 is 0. The molecule has 3 nitrogen and oxygen atoms in total. The van der Waals surface area contributed by atoms with Crippen LogP contribution in [-0.2, 0) is 0 Å². The molecule has 5 aromatic rings. The number of hydrogen-bond donors (Lipinski definition) is 0. The normalized spacial score (nSPS) is 11.0. The van der Waals surface area contributed by atoms with Crippen LogP contribution in [0.3, 0.4) is 0 Å². The molecule has 0 atom stereocenters. The maximum Gasteiger partial charge on any atom is 0.139 e. The van der Waals surface area contributed by atoms with Crippen LogP contribution in [0, 0.1) is 0 Å². The monoisotopic (exact) mass is 359 g/mol. The third-order valence-electron chi connectivity index (χ3n) is 4.92. The molecule has 4 heteroatoms. The predicted molar refractivity (Wildman–Crippen MR) is 120 cm³/mol. The average Bonchev–Trinajstić information content (AvgIpc) is 2.75. The molecular formula is C24H18BN3. The molecule has 0 N–H and O–H groups in total. The molecule has 0 radical (unpaired) electrons. The van der Waals surface area contributed by atoms with Gasteiger partial charge in [0, 0.05) is 16.5 Å². The molecule has 3 aromatic carbocycles. The number of nitrogens with zero attached hydrogens (tertiary/aromatic N) is 3. The van der Waals surface area contributed by atoms with Crippen molar-refractivity contribution in [2.24, 2.45) is 0 Å². The zero-order chi connectivity index (χ0) is 18.9. The van der Waals surface area contributed by atoms with Gasteiger partial charge in [0.15, 0.2) is 0 Å². The van der Waals surface area contributed by atoms with Crippen molar-refractivity contribution in [2.75, 3.05) is 4.90 Å². The van der Waals surface area contributed by atoms with Crippen LogP contribution in [-0.4, -0.2) is 17.8 Å². The molecule has 0 fully saturated rings. The molecule has 2 aromatic heterocycles. The van der Waals surface area contributed by atoms with Gasteiger partial charge < -0.3 is 0 Å². The van der Waals surface area contributed by atoms with Crippen LogP contribution in [0.15, 0.2) is 97.1 Å². The number of aromatic nitrogens is 2. The minimum Gasteiger partial charge on any atom is -0.279 e. The third kappa shape index (κ3) is 2.99. The van der Waals surface area contributed by atoms with Gasteiger partial charge in [-0.15, -0.1) is 0 Å². The van der Waals surface area contributed by atoms with Crippen molar-refractivity contribution in [3.63, 3.8) is 0 Å². The first kappa shape index (κ1) is 16.5. The molecule has 0 aliphatic heterocycles. The van der Waals surface area contributed by atoms with Crippen molar-refractivity contribution in [1.82, 2.24) is 9.97 Å². The van der Waals surface area contributed by atoms with Gasteiger partial charge in [-0.3, -0.25) is 4.90 Å². The van der Waals surface area contributed by atoms with Gasteiger partial charge in [-0.25, -0.2) is 9.97 Å². The summed E-state index contributed by atoms with van der Waals surface area (Å²) in [5, 5.41) is 2.25. The first-order chi connectivity index (χ1) is 13.8.